The molecule has 11 heteroatoms. The minimum atomic E-state index is -3.71. The van der Waals surface area contributed by atoms with Crippen molar-refractivity contribution in [3.05, 3.63) is 64.1 Å². The molecule has 4 rings (SSSR count). The number of aromatic nitrogens is 2. The lowest BCUT2D eigenvalue weighted by atomic mass is 10.0. The van der Waals surface area contributed by atoms with E-state index in [0.29, 0.717) is 29.3 Å². The number of rotatable bonds is 6. The lowest BCUT2D eigenvalue weighted by molar-refractivity contribution is -0.114. The Morgan fingerprint density at radius 2 is 1.79 bits per heavy atom. The first-order valence-corrected chi connectivity index (χ1v) is 13.1. The van der Waals surface area contributed by atoms with Crippen molar-refractivity contribution in [2.24, 2.45) is 0 Å². The van der Waals surface area contributed by atoms with Crippen molar-refractivity contribution in [3.63, 3.8) is 0 Å². The molecule has 0 saturated carbocycles. The molecule has 178 valence electrons. The van der Waals surface area contributed by atoms with Gasteiger partial charge >= 0.3 is 0 Å². The molecule has 9 nitrogen and oxygen atoms in total. The standard InChI is InChI=1S/C23H25N5O4S2/c1-15-6-3-4-8-20(15)25-21(30)23-27-26-22(33-23)17-7-5-13-28(14-17)34(31,32)19-11-9-18(10-12-19)24-16(2)29/h3-4,6,8-12,17H,5,7,13-14H2,1-2H3,(H,24,29)(H,25,30)/t17-/m1/s1. The van der Waals surface area contributed by atoms with Crippen LogP contribution in [0.2, 0.25) is 0 Å². The van der Waals surface area contributed by atoms with Gasteiger partial charge in [0.1, 0.15) is 5.01 Å². The average molecular weight is 500 g/mol. The van der Waals surface area contributed by atoms with E-state index in [2.05, 4.69) is 20.8 Å². The first-order chi connectivity index (χ1) is 16.2. The highest BCUT2D eigenvalue weighted by atomic mass is 32.2. The van der Waals surface area contributed by atoms with Crippen LogP contribution in [0.5, 0.6) is 0 Å². The molecule has 1 atom stereocenters. The topological polar surface area (TPSA) is 121 Å². The molecule has 1 aliphatic rings. The van der Waals surface area contributed by atoms with Crippen LogP contribution in [0.3, 0.4) is 0 Å². The zero-order valence-corrected chi connectivity index (χ0v) is 20.4. The van der Waals surface area contributed by atoms with Gasteiger partial charge < -0.3 is 10.6 Å². The van der Waals surface area contributed by atoms with Crippen molar-refractivity contribution in [2.45, 2.75) is 37.5 Å². The fraction of sp³-hybridized carbons (Fsp3) is 0.304. The summed E-state index contributed by atoms with van der Waals surface area (Å²) in [4.78, 5) is 24.0. The van der Waals surface area contributed by atoms with E-state index in [9.17, 15) is 18.0 Å². The van der Waals surface area contributed by atoms with Crippen molar-refractivity contribution in [2.75, 3.05) is 23.7 Å². The fourth-order valence-corrected chi connectivity index (χ4v) is 6.19. The molecule has 3 aromatic rings. The molecule has 2 amide bonds. The minimum absolute atomic E-state index is 0.139. The Balaban J connectivity index is 1.45. The molecule has 0 unspecified atom stereocenters. The number of hydrogen-bond donors (Lipinski definition) is 2. The van der Waals surface area contributed by atoms with Crippen LogP contribution in [0.25, 0.3) is 0 Å². The van der Waals surface area contributed by atoms with Crippen molar-refractivity contribution < 1.29 is 18.0 Å². The highest BCUT2D eigenvalue weighted by molar-refractivity contribution is 7.89. The van der Waals surface area contributed by atoms with Crippen molar-refractivity contribution in [3.8, 4) is 0 Å². The summed E-state index contributed by atoms with van der Waals surface area (Å²) in [6.07, 6.45) is 1.44. The number of piperidine rings is 1. The Morgan fingerprint density at radius 1 is 1.06 bits per heavy atom. The number of para-hydroxylation sites is 1. The maximum absolute atomic E-state index is 13.2. The van der Waals surface area contributed by atoms with Crippen LogP contribution < -0.4 is 10.6 Å². The molecular formula is C23H25N5O4S2. The van der Waals surface area contributed by atoms with E-state index >= 15 is 0 Å². The van der Waals surface area contributed by atoms with E-state index < -0.39 is 10.0 Å². The first-order valence-electron chi connectivity index (χ1n) is 10.8. The van der Waals surface area contributed by atoms with Gasteiger partial charge in [-0.3, -0.25) is 9.59 Å². The van der Waals surface area contributed by atoms with Gasteiger partial charge in [0.05, 0.1) is 4.90 Å². The second-order valence-corrected chi connectivity index (χ2v) is 11.1. The van der Waals surface area contributed by atoms with Crippen LogP contribution in [0.4, 0.5) is 11.4 Å². The maximum Gasteiger partial charge on any atom is 0.286 e. The van der Waals surface area contributed by atoms with Gasteiger partial charge in [0.15, 0.2) is 0 Å². The van der Waals surface area contributed by atoms with Crippen LogP contribution in [0.1, 0.15) is 46.1 Å². The molecule has 0 aliphatic carbocycles. The van der Waals surface area contributed by atoms with Crippen LogP contribution in [-0.2, 0) is 14.8 Å². The molecule has 0 bridgehead atoms. The fourth-order valence-electron chi connectivity index (χ4n) is 3.81. The summed E-state index contributed by atoms with van der Waals surface area (Å²) in [6.45, 7) is 3.98. The molecule has 1 fully saturated rings. The Hall–Kier alpha value is -3.15. The lowest BCUT2D eigenvalue weighted by Crippen LogP contribution is -2.39. The largest absolute Gasteiger partial charge is 0.326 e. The highest BCUT2D eigenvalue weighted by Crippen LogP contribution is 2.32. The van der Waals surface area contributed by atoms with Gasteiger partial charge in [-0.25, -0.2) is 8.42 Å². The Bertz CT molecular complexity index is 1300. The van der Waals surface area contributed by atoms with Crippen LogP contribution >= 0.6 is 11.3 Å². The second-order valence-electron chi connectivity index (χ2n) is 8.12. The van der Waals surface area contributed by atoms with E-state index in [4.69, 9.17) is 0 Å². The third-order valence-electron chi connectivity index (χ3n) is 5.57. The number of amides is 2. The smallest absolute Gasteiger partial charge is 0.286 e. The molecule has 1 aliphatic heterocycles. The number of nitrogens with zero attached hydrogens (tertiary/aromatic N) is 3. The van der Waals surface area contributed by atoms with Gasteiger partial charge in [0.2, 0.25) is 20.9 Å². The Labute approximate surface area is 202 Å². The van der Waals surface area contributed by atoms with E-state index in [-0.39, 0.29) is 34.2 Å². The zero-order valence-electron chi connectivity index (χ0n) is 18.8. The number of carbonyl (C=O) groups is 2. The predicted octanol–water partition coefficient (Wildman–Crippen LogP) is 3.63. The summed E-state index contributed by atoms with van der Waals surface area (Å²) in [5.41, 5.74) is 2.19. The number of sulfonamides is 1. The number of benzene rings is 2. The average Bonchev–Trinajstić information content (AvgIpc) is 3.31. The molecule has 0 spiro atoms. The molecule has 0 radical (unpaired) electrons. The summed E-state index contributed by atoms with van der Waals surface area (Å²) < 4.78 is 27.8. The Morgan fingerprint density at radius 3 is 2.50 bits per heavy atom. The number of hydrogen-bond acceptors (Lipinski definition) is 7. The SMILES string of the molecule is CC(=O)Nc1ccc(S(=O)(=O)N2CCC[C@@H](c3nnc(C(=O)Nc4ccccc4C)s3)C2)cc1. The Kier molecular flexibility index (Phi) is 7.05. The number of anilines is 2. The molecule has 1 saturated heterocycles. The molecular weight excluding hydrogens is 474 g/mol. The zero-order chi connectivity index (χ0) is 24.3. The molecule has 2 N–H and O–H groups in total. The summed E-state index contributed by atoms with van der Waals surface area (Å²) in [5.74, 6) is -0.698. The maximum atomic E-state index is 13.2. The number of aryl methyl sites for hydroxylation is 1. The van der Waals surface area contributed by atoms with Crippen LogP contribution in [0, 0.1) is 6.92 Å². The third-order valence-corrected chi connectivity index (χ3v) is 8.54. The van der Waals surface area contributed by atoms with E-state index in [0.717, 1.165) is 12.0 Å². The van der Waals surface area contributed by atoms with Gasteiger partial charge in [0.25, 0.3) is 5.91 Å². The summed E-state index contributed by atoms with van der Waals surface area (Å²) in [6, 6.07) is 13.6. The molecule has 2 heterocycles. The number of nitrogens with one attached hydrogen (secondary N) is 2. The summed E-state index contributed by atoms with van der Waals surface area (Å²) in [7, 11) is -3.71. The lowest BCUT2D eigenvalue weighted by Gasteiger charge is -2.30. The van der Waals surface area contributed by atoms with Gasteiger partial charge in [-0.2, -0.15) is 4.31 Å². The van der Waals surface area contributed by atoms with E-state index in [1.54, 1.807) is 12.1 Å². The van der Waals surface area contributed by atoms with Crippen molar-refractivity contribution in [1.29, 1.82) is 0 Å². The number of carbonyl (C=O) groups excluding carboxylic acids is 2. The third kappa shape index (κ3) is 5.32. The van der Waals surface area contributed by atoms with E-state index in [1.807, 2.05) is 31.2 Å². The second kappa shape index (κ2) is 10.00. The predicted molar refractivity (Wildman–Crippen MR) is 131 cm³/mol. The van der Waals surface area contributed by atoms with Crippen LogP contribution in [0.15, 0.2) is 53.4 Å². The van der Waals surface area contributed by atoms with Crippen molar-refractivity contribution >= 4 is 44.5 Å². The van der Waals surface area contributed by atoms with Gasteiger partial charge in [-0.05, 0) is 55.7 Å². The minimum Gasteiger partial charge on any atom is -0.326 e. The van der Waals surface area contributed by atoms with Gasteiger partial charge in [-0.15, -0.1) is 10.2 Å². The van der Waals surface area contributed by atoms with Crippen molar-refractivity contribution in [1.82, 2.24) is 14.5 Å². The van der Waals surface area contributed by atoms with Gasteiger partial charge in [0, 0.05) is 37.3 Å². The van der Waals surface area contributed by atoms with E-state index in [1.165, 1.54) is 34.7 Å². The molecule has 2 aromatic carbocycles. The summed E-state index contributed by atoms with van der Waals surface area (Å²) >= 11 is 1.19. The molecule has 1 aromatic heterocycles. The first kappa shape index (κ1) is 24.0. The molecule has 34 heavy (non-hydrogen) atoms. The van der Waals surface area contributed by atoms with Gasteiger partial charge in [-0.1, -0.05) is 29.5 Å². The quantitative estimate of drug-likeness (QED) is 0.534. The normalized spacial score (nSPS) is 16.7. The van der Waals surface area contributed by atoms with Crippen LogP contribution in [-0.4, -0.2) is 47.8 Å². The summed E-state index contributed by atoms with van der Waals surface area (Å²) in [5, 5.41) is 14.6. The monoisotopic (exact) mass is 499 g/mol. The highest BCUT2D eigenvalue weighted by Gasteiger charge is 2.33.